The van der Waals surface area contributed by atoms with Crippen molar-refractivity contribution in [3.63, 3.8) is 0 Å². The lowest BCUT2D eigenvalue weighted by molar-refractivity contribution is 0.628. The Kier molecular flexibility index (Phi) is 6.17. The summed E-state index contributed by atoms with van der Waals surface area (Å²) in [5, 5.41) is 4.65. The number of nitrogens with one attached hydrogen (secondary N) is 1. The Morgan fingerprint density at radius 3 is 2.55 bits per heavy atom. The maximum atomic E-state index is 6.14. The van der Waals surface area contributed by atoms with E-state index in [1.165, 1.54) is 9.13 Å². The third-order valence-corrected chi connectivity index (χ3v) is 5.09. The van der Waals surface area contributed by atoms with Gasteiger partial charge >= 0.3 is 0 Å². The van der Waals surface area contributed by atoms with E-state index >= 15 is 0 Å². The molecule has 1 atom stereocenters. The van der Waals surface area contributed by atoms with Crippen molar-refractivity contribution in [2.45, 2.75) is 13.0 Å². The normalized spacial score (nSPS) is 12.4. The van der Waals surface area contributed by atoms with E-state index in [1.54, 1.807) is 0 Å². The van der Waals surface area contributed by atoms with Crippen molar-refractivity contribution in [2.24, 2.45) is 0 Å². The van der Waals surface area contributed by atoms with Crippen LogP contribution in [0.5, 0.6) is 0 Å². The maximum Gasteiger partial charge on any atom is 0.0595 e. The number of halogens is 4. The maximum absolute atomic E-state index is 6.14. The summed E-state index contributed by atoms with van der Waals surface area (Å²) in [7, 11) is 0. The predicted molar refractivity (Wildman–Crippen MR) is 98.8 cm³/mol. The Balaban J connectivity index is 2.49. The van der Waals surface area contributed by atoms with Crippen LogP contribution in [0.1, 0.15) is 24.1 Å². The zero-order valence-corrected chi connectivity index (χ0v) is 16.0. The lowest BCUT2D eigenvalue weighted by atomic mass is 9.99. The molecular weight excluding hydrogens is 472 g/mol. The highest BCUT2D eigenvalue weighted by Crippen LogP contribution is 2.33. The fraction of sp³-hybridized carbons (Fsp3) is 0.200. The molecule has 2 aromatic rings. The molecule has 5 heteroatoms. The molecule has 0 heterocycles. The van der Waals surface area contributed by atoms with E-state index in [-0.39, 0.29) is 6.04 Å². The first-order valence-corrected chi connectivity index (χ1v) is 8.79. The molecule has 106 valence electrons. The molecule has 1 N–H and O–H groups in total. The average molecular weight is 485 g/mol. The highest BCUT2D eigenvalue weighted by Gasteiger charge is 2.17. The molecule has 0 aliphatic heterocycles. The summed E-state index contributed by atoms with van der Waals surface area (Å²) in [6.07, 6.45) is 0. The van der Waals surface area contributed by atoms with Crippen molar-refractivity contribution in [3.05, 3.63) is 65.6 Å². The quantitative estimate of drug-likeness (QED) is 0.520. The van der Waals surface area contributed by atoms with E-state index in [9.17, 15) is 0 Å². The molecule has 0 radical (unpaired) electrons. The van der Waals surface area contributed by atoms with Gasteiger partial charge in [-0.25, -0.2) is 0 Å². The van der Waals surface area contributed by atoms with Crippen LogP contribution >= 0.6 is 61.7 Å². The Bertz CT molecular complexity index is 619. The van der Waals surface area contributed by atoms with Gasteiger partial charge in [0.05, 0.1) is 16.1 Å². The molecular formula is C15H13BrCl2IN. The summed E-state index contributed by atoms with van der Waals surface area (Å²) in [6.45, 7) is 2.95. The Morgan fingerprint density at radius 1 is 1.15 bits per heavy atom. The van der Waals surface area contributed by atoms with Crippen molar-refractivity contribution < 1.29 is 0 Å². The first kappa shape index (κ1) is 16.6. The van der Waals surface area contributed by atoms with Crippen LogP contribution in [0.15, 0.2) is 40.9 Å². The van der Waals surface area contributed by atoms with E-state index < -0.39 is 0 Å². The summed E-state index contributed by atoms with van der Waals surface area (Å²) in [4.78, 5) is 0. The summed E-state index contributed by atoms with van der Waals surface area (Å²) in [6, 6.07) is 12.2. The van der Waals surface area contributed by atoms with Gasteiger partial charge in [-0.1, -0.05) is 52.1 Å². The monoisotopic (exact) mass is 483 g/mol. The molecule has 0 spiro atoms. The Morgan fingerprint density at radius 2 is 1.90 bits per heavy atom. The first-order chi connectivity index (χ1) is 9.52. The Labute approximate surface area is 151 Å². The number of hydrogen-bond acceptors (Lipinski definition) is 1. The third kappa shape index (κ3) is 3.89. The SMILES string of the molecule is CCNC(c1ccc(Cl)c(Cl)c1)c1cc(I)ccc1Br. The zero-order chi connectivity index (χ0) is 14.7. The van der Waals surface area contributed by atoms with Crippen molar-refractivity contribution >= 4 is 61.7 Å². The van der Waals surface area contributed by atoms with Gasteiger partial charge in [-0.05, 0) is 70.6 Å². The van der Waals surface area contributed by atoms with Crippen LogP contribution in [0.3, 0.4) is 0 Å². The molecule has 2 aromatic carbocycles. The summed E-state index contributed by atoms with van der Waals surface area (Å²) < 4.78 is 2.28. The summed E-state index contributed by atoms with van der Waals surface area (Å²) in [5.74, 6) is 0. The molecule has 1 nitrogen and oxygen atoms in total. The van der Waals surface area contributed by atoms with Gasteiger partial charge < -0.3 is 5.32 Å². The topological polar surface area (TPSA) is 12.0 Å². The molecule has 2 rings (SSSR count). The second-order valence-corrected chi connectivity index (χ2v) is 7.24. The van der Waals surface area contributed by atoms with Gasteiger partial charge in [-0.15, -0.1) is 0 Å². The van der Waals surface area contributed by atoms with Crippen LogP contribution in [0.2, 0.25) is 10.0 Å². The van der Waals surface area contributed by atoms with E-state index in [0.717, 1.165) is 16.6 Å². The van der Waals surface area contributed by atoms with Crippen LogP contribution in [-0.4, -0.2) is 6.54 Å². The van der Waals surface area contributed by atoms with Crippen LogP contribution in [0, 0.1) is 3.57 Å². The number of hydrogen-bond donors (Lipinski definition) is 1. The molecule has 0 aliphatic carbocycles. The second-order valence-electron chi connectivity index (χ2n) is 4.33. The van der Waals surface area contributed by atoms with Gasteiger partial charge in [0, 0.05) is 8.04 Å². The minimum atomic E-state index is 0.0823. The molecule has 0 bridgehead atoms. The van der Waals surface area contributed by atoms with Gasteiger partial charge in [0.25, 0.3) is 0 Å². The van der Waals surface area contributed by atoms with Gasteiger partial charge in [-0.3, -0.25) is 0 Å². The lowest BCUT2D eigenvalue weighted by Crippen LogP contribution is -2.22. The van der Waals surface area contributed by atoms with E-state index in [0.29, 0.717) is 10.0 Å². The highest BCUT2D eigenvalue weighted by atomic mass is 127. The molecule has 1 unspecified atom stereocenters. The van der Waals surface area contributed by atoms with Crippen LogP contribution in [0.25, 0.3) is 0 Å². The van der Waals surface area contributed by atoms with Crippen LogP contribution < -0.4 is 5.32 Å². The standard InChI is InChI=1S/C15H13BrCl2IN/c1-2-20-15(9-3-6-13(17)14(18)7-9)11-8-10(19)4-5-12(11)16/h3-8,15,20H,2H2,1H3. The highest BCUT2D eigenvalue weighted by molar-refractivity contribution is 14.1. The molecule has 20 heavy (non-hydrogen) atoms. The second kappa shape index (κ2) is 7.45. The minimum Gasteiger partial charge on any atom is -0.306 e. The Hall–Kier alpha value is 0.190. The predicted octanol–water partition coefficient (Wildman–Crippen LogP) is 6.06. The largest absolute Gasteiger partial charge is 0.306 e. The van der Waals surface area contributed by atoms with Gasteiger partial charge in [0.2, 0.25) is 0 Å². The summed E-state index contributed by atoms with van der Waals surface area (Å²) >= 11 is 18.1. The smallest absolute Gasteiger partial charge is 0.0595 e. The van der Waals surface area contributed by atoms with Crippen LogP contribution in [0.4, 0.5) is 0 Å². The lowest BCUT2D eigenvalue weighted by Gasteiger charge is -2.21. The van der Waals surface area contributed by atoms with E-state index in [1.807, 2.05) is 18.2 Å². The van der Waals surface area contributed by atoms with Crippen LogP contribution in [-0.2, 0) is 0 Å². The minimum absolute atomic E-state index is 0.0823. The average Bonchev–Trinajstić information content (AvgIpc) is 2.42. The molecule has 0 saturated carbocycles. The summed E-state index contributed by atoms with van der Waals surface area (Å²) in [5.41, 5.74) is 2.29. The molecule has 0 aliphatic rings. The van der Waals surface area contributed by atoms with Crippen molar-refractivity contribution in [1.82, 2.24) is 5.32 Å². The number of rotatable bonds is 4. The third-order valence-electron chi connectivity index (χ3n) is 2.95. The van der Waals surface area contributed by atoms with Crippen molar-refractivity contribution in [1.29, 1.82) is 0 Å². The molecule has 0 fully saturated rings. The molecule has 0 aromatic heterocycles. The number of benzene rings is 2. The first-order valence-electron chi connectivity index (χ1n) is 6.16. The van der Waals surface area contributed by atoms with Gasteiger partial charge in [0.1, 0.15) is 0 Å². The molecule has 0 saturated heterocycles. The zero-order valence-electron chi connectivity index (χ0n) is 10.8. The molecule has 0 amide bonds. The van der Waals surface area contributed by atoms with E-state index in [4.69, 9.17) is 23.2 Å². The van der Waals surface area contributed by atoms with Crippen molar-refractivity contribution in [2.75, 3.05) is 6.54 Å². The van der Waals surface area contributed by atoms with Crippen molar-refractivity contribution in [3.8, 4) is 0 Å². The van der Waals surface area contributed by atoms with E-state index in [2.05, 4.69) is 69.0 Å². The fourth-order valence-electron chi connectivity index (χ4n) is 2.04. The van der Waals surface area contributed by atoms with Gasteiger partial charge in [-0.2, -0.15) is 0 Å². The fourth-order valence-corrected chi connectivity index (χ4v) is 3.34. The van der Waals surface area contributed by atoms with Gasteiger partial charge in [0.15, 0.2) is 0 Å².